The molecule has 0 radical (unpaired) electrons. The molecule has 0 bridgehead atoms. The molecule has 0 fully saturated rings. The Kier molecular flexibility index (Phi) is 7.19. The SMILES string of the molecule is Cc1cc(C)n(-c2ccc(C(=O)NCCCCN)cc2F)n1.Cl. The van der Waals surface area contributed by atoms with E-state index in [4.69, 9.17) is 5.73 Å². The number of nitrogens with two attached hydrogens (primary N) is 1. The monoisotopic (exact) mass is 340 g/mol. The Hall–Kier alpha value is -1.92. The average molecular weight is 341 g/mol. The fraction of sp³-hybridized carbons (Fsp3) is 0.375. The number of carbonyl (C=O) groups excluding carboxylic acids is 1. The van der Waals surface area contributed by atoms with Gasteiger partial charge in [0.2, 0.25) is 0 Å². The van der Waals surface area contributed by atoms with E-state index in [9.17, 15) is 9.18 Å². The number of hydrogen-bond acceptors (Lipinski definition) is 3. The predicted molar refractivity (Wildman–Crippen MR) is 90.9 cm³/mol. The minimum absolute atomic E-state index is 0. The molecule has 2 rings (SSSR count). The molecule has 7 heteroatoms. The van der Waals surface area contributed by atoms with Crippen molar-refractivity contribution in [2.75, 3.05) is 13.1 Å². The summed E-state index contributed by atoms with van der Waals surface area (Å²) in [5.74, 6) is -0.753. The summed E-state index contributed by atoms with van der Waals surface area (Å²) in [4.78, 5) is 11.9. The topological polar surface area (TPSA) is 72.9 Å². The first-order valence-corrected chi connectivity index (χ1v) is 7.34. The molecule has 0 spiro atoms. The minimum atomic E-state index is -0.471. The number of rotatable bonds is 6. The summed E-state index contributed by atoms with van der Waals surface area (Å²) in [7, 11) is 0. The summed E-state index contributed by atoms with van der Waals surface area (Å²) in [6, 6.07) is 6.29. The maximum atomic E-state index is 14.3. The zero-order valence-electron chi connectivity index (χ0n) is 13.3. The second kappa shape index (κ2) is 8.64. The van der Waals surface area contributed by atoms with Gasteiger partial charge in [0.25, 0.3) is 5.91 Å². The zero-order chi connectivity index (χ0) is 16.1. The van der Waals surface area contributed by atoms with Crippen LogP contribution in [0.2, 0.25) is 0 Å². The van der Waals surface area contributed by atoms with Crippen LogP contribution in [0.15, 0.2) is 24.3 Å². The normalized spacial score (nSPS) is 10.3. The molecule has 23 heavy (non-hydrogen) atoms. The van der Waals surface area contributed by atoms with Crippen LogP contribution in [-0.2, 0) is 0 Å². The molecule has 1 amide bonds. The van der Waals surface area contributed by atoms with Crippen LogP contribution < -0.4 is 11.1 Å². The van der Waals surface area contributed by atoms with Crippen molar-refractivity contribution in [3.63, 3.8) is 0 Å². The predicted octanol–water partition coefficient (Wildman–Crippen LogP) is 2.52. The Morgan fingerprint density at radius 2 is 2.04 bits per heavy atom. The Labute approximate surface area is 141 Å². The van der Waals surface area contributed by atoms with Gasteiger partial charge in [-0.3, -0.25) is 4.79 Å². The van der Waals surface area contributed by atoms with Crippen molar-refractivity contribution in [1.29, 1.82) is 0 Å². The molecule has 0 atom stereocenters. The lowest BCUT2D eigenvalue weighted by molar-refractivity contribution is 0.0952. The molecule has 0 aliphatic carbocycles. The second-order valence-electron chi connectivity index (χ2n) is 5.26. The Morgan fingerprint density at radius 1 is 1.30 bits per heavy atom. The summed E-state index contributed by atoms with van der Waals surface area (Å²) < 4.78 is 15.8. The third-order valence-corrected chi connectivity index (χ3v) is 3.36. The molecule has 0 saturated carbocycles. The van der Waals surface area contributed by atoms with Crippen LogP contribution in [0, 0.1) is 19.7 Å². The maximum Gasteiger partial charge on any atom is 0.251 e. The third kappa shape index (κ3) is 4.77. The lowest BCUT2D eigenvalue weighted by atomic mass is 10.1. The first-order valence-electron chi connectivity index (χ1n) is 7.34. The first-order chi connectivity index (χ1) is 10.5. The molecule has 1 heterocycles. The third-order valence-electron chi connectivity index (χ3n) is 3.36. The Balaban J connectivity index is 0.00000264. The number of aromatic nitrogens is 2. The molecular weight excluding hydrogens is 319 g/mol. The smallest absolute Gasteiger partial charge is 0.251 e. The van der Waals surface area contributed by atoms with Crippen LogP contribution in [0.5, 0.6) is 0 Å². The van der Waals surface area contributed by atoms with Crippen LogP contribution in [0.25, 0.3) is 5.69 Å². The van der Waals surface area contributed by atoms with E-state index in [-0.39, 0.29) is 18.3 Å². The van der Waals surface area contributed by atoms with Crippen molar-refractivity contribution < 1.29 is 9.18 Å². The number of hydrogen-bond donors (Lipinski definition) is 2. The number of carbonyl (C=O) groups is 1. The van der Waals surface area contributed by atoms with Gasteiger partial charge in [-0.25, -0.2) is 9.07 Å². The van der Waals surface area contributed by atoms with Gasteiger partial charge < -0.3 is 11.1 Å². The van der Waals surface area contributed by atoms with Gasteiger partial charge >= 0.3 is 0 Å². The number of unbranched alkanes of at least 4 members (excludes halogenated alkanes) is 1. The van der Waals surface area contributed by atoms with E-state index in [1.54, 1.807) is 12.1 Å². The van der Waals surface area contributed by atoms with Crippen LogP contribution in [-0.4, -0.2) is 28.8 Å². The fourth-order valence-corrected chi connectivity index (χ4v) is 2.27. The average Bonchev–Trinajstić information content (AvgIpc) is 2.82. The van der Waals surface area contributed by atoms with E-state index in [0.29, 0.717) is 24.3 Å². The summed E-state index contributed by atoms with van der Waals surface area (Å²) in [5, 5.41) is 7.00. The number of aryl methyl sites for hydroxylation is 2. The van der Waals surface area contributed by atoms with E-state index in [1.165, 1.54) is 10.7 Å². The molecule has 0 aliphatic rings. The van der Waals surface area contributed by atoms with E-state index in [2.05, 4.69) is 10.4 Å². The Morgan fingerprint density at radius 3 is 2.61 bits per heavy atom. The quantitative estimate of drug-likeness (QED) is 0.794. The molecule has 1 aromatic carbocycles. The molecule has 126 valence electrons. The lowest BCUT2D eigenvalue weighted by Gasteiger charge is -2.09. The molecule has 0 unspecified atom stereocenters. The molecule has 2 aromatic rings. The summed E-state index contributed by atoms with van der Waals surface area (Å²) in [5.41, 5.74) is 7.69. The number of nitrogens with zero attached hydrogens (tertiary/aromatic N) is 2. The molecule has 5 nitrogen and oxygen atoms in total. The minimum Gasteiger partial charge on any atom is -0.352 e. The molecule has 0 aliphatic heterocycles. The van der Waals surface area contributed by atoms with Gasteiger partial charge in [0, 0.05) is 17.8 Å². The molecular formula is C16H22ClFN4O. The highest BCUT2D eigenvalue weighted by molar-refractivity contribution is 5.94. The maximum absolute atomic E-state index is 14.3. The van der Waals surface area contributed by atoms with E-state index in [1.807, 2.05) is 19.9 Å². The van der Waals surface area contributed by atoms with Crippen LogP contribution >= 0.6 is 12.4 Å². The second-order valence-corrected chi connectivity index (χ2v) is 5.26. The Bertz CT molecular complexity index is 672. The standard InChI is InChI=1S/C16H21FN4O.ClH/c1-11-9-12(2)21(20-11)15-6-5-13(10-14(15)17)16(22)19-8-4-3-7-18;/h5-6,9-10H,3-4,7-8,18H2,1-2H3,(H,19,22);1H. The van der Waals surface area contributed by atoms with Crippen LogP contribution in [0.1, 0.15) is 34.6 Å². The van der Waals surface area contributed by atoms with Gasteiger partial charge in [0.05, 0.1) is 5.69 Å². The first kappa shape index (κ1) is 19.1. The number of benzene rings is 1. The highest BCUT2D eigenvalue weighted by atomic mass is 35.5. The van der Waals surface area contributed by atoms with E-state index >= 15 is 0 Å². The van der Waals surface area contributed by atoms with E-state index in [0.717, 1.165) is 24.2 Å². The van der Waals surface area contributed by atoms with Crippen LogP contribution in [0.3, 0.4) is 0 Å². The number of nitrogens with one attached hydrogen (secondary N) is 1. The summed E-state index contributed by atoms with van der Waals surface area (Å²) in [6.07, 6.45) is 1.67. The van der Waals surface area contributed by atoms with Gasteiger partial charge in [-0.15, -0.1) is 12.4 Å². The van der Waals surface area contributed by atoms with Crippen molar-refractivity contribution in [1.82, 2.24) is 15.1 Å². The van der Waals surface area contributed by atoms with Gasteiger partial charge in [-0.05, 0) is 57.5 Å². The van der Waals surface area contributed by atoms with Gasteiger partial charge in [-0.2, -0.15) is 5.10 Å². The number of amides is 1. The lowest BCUT2D eigenvalue weighted by Crippen LogP contribution is -2.25. The van der Waals surface area contributed by atoms with Crippen molar-refractivity contribution in [2.24, 2.45) is 5.73 Å². The van der Waals surface area contributed by atoms with Crippen molar-refractivity contribution in [3.8, 4) is 5.69 Å². The van der Waals surface area contributed by atoms with Crippen molar-refractivity contribution in [3.05, 3.63) is 47.0 Å². The summed E-state index contributed by atoms with van der Waals surface area (Å²) >= 11 is 0. The van der Waals surface area contributed by atoms with Crippen molar-refractivity contribution >= 4 is 18.3 Å². The highest BCUT2D eigenvalue weighted by Gasteiger charge is 2.12. The van der Waals surface area contributed by atoms with Crippen molar-refractivity contribution in [2.45, 2.75) is 26.7 Å². The highest BCUT2D eigenvalue weighted by Crippen LogP contribution is 2.17. The van der Waals surface area contributed by atoms with Gasteiger partial charge in [0.15, 0.2) is 0 Å². The molecule has 3 N–H and O–H groups in total. The van der Waals surface area contributed by atoms with E-state index < -0.39 is 5.82 Å². The van der Waals surface area contributed by atoms with Gasteiger partial charge in [0.1, 0.15) is 11.5 Å². The zero-order valence-corrected chi connectivity index (χ0v) is 14.1. The summed E-state index contributed by atoms with van der Waals surface area (Å²) in [6.45, 7) is 4.85. The number of halogens is 2. The van der Waals surface area contributed by atoms with Crippen LogP contribution in [0.4, 0.5) is 4.39 Å². The molecule has 1 aromatic heterocycles. The fourth-order valence-electron chi connectivity index (χ4n) is 2.27. The molecule has 0 saturated heterocycles. The van der Waals surface area contributed by atoms with Gasteiger partial charge in [-0.1, -0.05) is 0 Å². The largest absolute Gasteiger partial charge is 0.352 e.